The molecule has 2 rings (SSSR count). The van der Waals surface area contributed by atoms with Crippen molar-refractivity contribution in [3.8, 4) is 0 Å². The van der Waals surface area contributed by atoms with Crippen LogP contribution < -0.4 is 0 Å². The van der Waals surface area contributed by atoms with Crippen LogP contribution in [0.15, 0.2) is 41.9 Å². The third kappa shape index (κ3) is 1.64. The Balaban J connectivity index is 2.53. The van der Waals surface area contributed by atoms with Gasteiger partial charge in [-0.25, -0.2) is 5.01 Å². The van der Waals surface area contributed by atoms with E-state index in [1.165, 1.54) is 5.01 Å². The Morgan fingerprint density at radius 3 is 3.43 bits per heavy atom. The maximum atomic E-state index is 10.7. The Morgan fingerprint density at radius 2 is 2.57 bits per heavy atom. The minimum atomic E-state index is -0.551. The molecule has 0 N–H and O–H groups in total. The fraction of sp³-hybridized carbons (Fsp3) is 0.300. The van der Waals surface area contributed by atoms with E-state index in [1.807, 2.05) is 6.08 Å². The van der Waals surface area contributed by atoms with Gasteiger partial charge in [-0.1, -0.05) is 18.2 Å². The third-order valence-electron chi connectivity index (χ3n) is 2.10. The van der Waals surface area contributed by atoms with E-state index >= 15 is 0 Å². The van der Waals surface area contributed by atoms with E-state index in [0.717, 1.165) is 0 Å². The average Bonchev–Trinajstić information content (AvgIpc) is 2.37. The average molecular weight is 193 g/mol. The highest BCUT2D eigenvalue weighted by molar-refractivity contribution is 5.16. The van der Waals surface area contributed by atoms with Gasteiger partial charge in [-0.05, 0) is 18.0 Å². The summed E-state index contributed by atoms with van der Waals surface area (Å²) in [6.07, 6.45) is 3.41. The van der Waals surface area contributed by atoms with Crippen molar-refractivity contribution in [2.75, 3.05) is 6.54 Å². The van der Waals surface area contributed by atoms with Crippen LogP contribution in [0.5, 0.6) is 0 Å². The first-order valence-electron chi connectivity index (χ1n) is 6.25. The summed E-state index contributed by atoms with van der Waals surface area (Å²) in [5.74, 6) is 0. The van der Waals surface area contributed by atoms with E-state index in [2.05, 4.69) is 10.3 Å². The molecule has 0 saturated heterocycles. The highest BCUT2D eigenvalue weighted by atomic mass is 16.3. The number of rotatable bonds is 2. The van der Waals surface area contributed by atoms with Crippen molar-refractivity contribution >= 4 is 0 Å². The lowest BCUT2D eigenvalue weighted by Crippen LogP contribution is -2.25. The van der Waals surface area contributed by atoms with Gasteiger partial charge in [0, 0.05) is 12.3 Å². The predicted octanol–water partition coefficient (Wildman–Crippen LogP) is 2.07. The molecule has 0 amide bonds. The van der Waals surface area contributed by atoms with Crippen molar-refractivity contribution in [2.45, 2.75) is 12.5 Å². The molecule has 72 valence electrons. The largest absolute Gasteiger partial charge is 0.264 e. The van der Waals surface area contributed by atoms with Crippen molar-refractivity contribution in [2.24, 2.45) is 5.29 Å². The quantitative estimate of drug-likeness (QED) is 0.533. The van der Waals surface area contributed by atoms with Gasteiger partial charge >= 0.3 is 0 Å². The van der Waals surface area contributed by atoms with Crippen molar-refractivity contribution in [3.63, 3.8) is 0 Å². The lowest BCUT2D eigenvalue weighted by molar-refractivity contribution is 0.216. The Hall–Kier alpha value is -1.71. The van der Waals surface area contributed by atoms with E-state index < -0.39 is 12.2 Å². The van der Waals surface area contributed by atoms with Crippen molar-refractivity contribution in [1.29, 1.82) is 0 Å². The monoisotopic (exact) mass is 193 g/mol. The molecule has 0 spiro atoms. The maximum Gasteiger partial charge on any atom is 0.0844 e. The van der Waals surface area contributed by atoms with Crippen LogP contribution in [-0.2, 0) is 0 Å². The van der Waals surface area contributed by atoms with Gasteiger partial charge in [-0.3, -0.25) is 4.98 Å². The van der Waals surface area contributed by atoms with Crippen LogP contribution in [0, 0.1) is 4.91 Å². The Kier molecular flexibility index (Phi) is 1.50. The van der Waals surface area contributed by atoms with Crippen LogP contribution in [-0.4, -0.2) is 16.5 Å². The molecule has 0 saturated carbocycles. The van der Waals surface area contributed by atoms with Gasteiger partial charge in [0.25, 0.3) is 0 Å². The van der Waals surface area contributed by atoms with Gasteiger partial charge in [0.2, 0.25) is 0 Å². The maximum absolute atomic E-state index is 10.7. The van der Waals surface area contributed by atoms with Gasteiger partial charge in [0.1, 0.15) is 0 Å². The normalized spacial score (nSPS) is 24.9. The van der Waals surface area contributed by atoms with E-state index in [0.29, 0.717) is 13.0 Å². The zero-order valence-corrected chi connectivity index (χ0v) is 7.40. The second kappa shape index (κ2) is 4.00. The van der Waals surface area contributed by atoms with Crippen LogP contribution in [0.2, 0.25) is 0 Å². The van der Waals surface area contributed by atoms with Crippen molar-refractivity contribution in [1.82, 2.24) is 9.99 Å². The summed E-state index contributed by atoms with van der Waals surface area (Å²) in [5, 5.41) is 4.09. The summed E-state index contributed by atoms with van der Waals surface area (Å²) in [6.45, 7) is 0.309. The van der Waals surface area contributed by atoms with Crippen LogP contribution in [0.25, 0.3) is 0 Å². The summed E-state index contributed by atoms with van der Waals surface area (Å²) in [7, 11) is 0. The molecule has 1 aromatic heterocycles. The van der Waals surface area contributed by atoms with E-state index in [-0.39, 0.29) is 23.8 Å². The van der Waals surface area contributed by atoms with Gasteiger partial charge in [-0.15, -0.1) is 4.91 Å². The summed E-state index contributed by atoms with van der Waals surface area (Å²) >= 11 is 0. The molecule has 0 fully saturated rings. The minimum Gasteiger partial charge on any atom is -0.264 e. The van der Waals surface area contributed by atoms with E-state index in [4.69, 9.17) is 5.48 Å². The van der Waals surface area contributed by atoms with Crippen LogP contribution in [0.1, 0.15) is 23.5 Å². The fourth-order valence-corrected chi connectivity index (χ4v) is 1.41. The van der Waals surface area contributed by atoms with Gasteiger partial charge in [-0.2, -0.15) is 0 Å². The lowest BCUT2D eigenvalue weighted by Gasteiger charge is -2.27. The van der Waals surface area contributed by atoms with Crippen LogP contribution >= 0.6 is 0 Å². The number of nitroso groups, excluding NO2 is 1. The van der Waals surface area contributed by atoms with Gasteiger partial charge < -0.3 is 0 Å². The molecule has 1 aliphatic heterocycles. The van der Waals surface area contributed by atoms with E-state index in [9.17, 15) is 4.91 Å². The molecule has 4 heteroatoms. The van der Waals surface area contributed by atoms with Crippen LogP contribution in [0.4, 0.5) is 0 Å². The molecule has 0 radical (unpaired) electrons. The van der Waals surface area contributed by atoms with Gasteiger partial charge in [0.15, 0.2) is 0 Å². The minimum absolute atomic E-state index is 0.181. The lowest BCUT2D eigenvalue weighted by atomic mass is 10.0. The molecule has 0 aliphatic carbocycles. The molecule has 1 aromatic rings. The SMILES string of the molecule is [2H]c1nc([2H])c([C@@H]2CC=CCN2N=O)c([2H])c1[2H]. The van der Waals surface area contributed by atoms with E-state index in [1.54, 1.807) is 6.08 Å². The number of pyridine rings is 1. The van der Waals surface area contributed by atoms with Crippen LogP contribution in [0.3, 0.4) is 0 Å². The standard InChI is InChI=1S/C10H11N3O/c14-12-13-7-2-1-5-10(13)9-4-3-6-11-8-9/h1-4,6,8,10H,5,7H2/t10-/m0/s1/i3D,4D,6D,8D. The molecule has 0 aromatic carbocycles. The highest BCUT2D eigenvalue weighted by Crippen LogP contribution is 2.26. The Morgan fingerprint density at radius 1 is 1.64 bits per heavy atom. The first kappa shape index (κ1) is 5.24. The zero-order chi connectivity index (χ0) is 13.3. The smallest absolute Gasteiger partial charge is 0.0844 e. The van der Waals surface area contributed by atoms with Crippen molar-refractivity contribution < 1.29 is 5.48 Å². The molecule has 4 nitrogen and oxygen atoms in total. The number of hydrogen-bond donors (Lipinski definition) is 0. The second-order valence-corrected chi connectivity index (χ2v) is 2.93. The second-order valence-electron chi connectivity index (χ2n) is 2.93. The molecule has 0 unspecified atom stereocenters. The molecule has 14 heavy (non-hydrogen) atoms. The summed E-state index contributed by atoms with van der Waals surface area (Å²) < 4.78 is 30.5. The molecule has 2 heterocycles. The number of nitrogens with zero attached hydrogens (tertiary/aromatic N) is 3. The fourth-order valence-electron chi connectivity index (χ4n) is 1.41. The first-order chi connectivity index (χ1) is 8.56. The molecular formula is C10H11N3O. The molecule has 1 atom stereocenters. The summed E-state index contributed by atoms with van der Waals surface area (Å²) in [5.41, 5.74) is 0.181. The van der Waals surface area contributed by atoms with Gasteiger partial charge in [0.05, 0.1) is 23.4 Å². The molecule has 1 aliphatic rings. The Bertz CT molecular complexity index is 520. The highest BCUT2D eigenvalue weighted by Gasteiger charge is 2.20. The summed E-state index contributed by atoms with van der Waals surface area (Å²) in [6, 6.07) is -1.11. The molecular weight excluding hydrogens is 178 g/mol. The topological polar surface area (TPSA) is 45.6 Å². The summed E-state index contributed by atoms with van der Waals surface area (Å²) in [4.78, 5) is 14.3. The Labute approximate surface area is 87.8 Å². The third-order valence-corrected chi connectivity index (χ3v) is 2.10. The number of aromatic nitrogens is 1. The predicted molar refractivity (Wildman–Crippen MR) is 53.2 cm³/mol. The molecule has 0 bridgehead atoms. The number of hydrogen-bond acceptors (Lipinski definition) is 3. The first-order valence-corrected chi connectivity index (χ1v) is 4.25. The zero-order valence-electron chi connectivity index (χ0n) is 11.4. The van der Waals surface area contributed by atoms with Crippen molar-refractivity contribution in [3.05, 3.63) is 47.1 Å².